The van der Waals surface area contributed by atoms with E-state index in [1.165, 1.54) is 19.3 Å². The molecule has 13 heavy (non-hydrogen) atoms. The Hall–Kier alpha value is 0. The van der Waals surface area contributed by atoms with Crippen LogP contribution in [-0.4, -0.2) is 0 Å². The normalized spacial score (nSPS) is 42.0. The largest absolute Gasteiger partial charge is 0.0776 e. The molecule has 4 unspecified atom stereocenters. The van der Waals surface area contributed by atoms with Crippen molar-refractivity contribution in [3.63, 3.8) is 0 Å². The summed E-state index contributed by atoms with van der Waals surface area (Å²) in [6, 6.07) is 0. The third kappa shape index (κ3) is 1.78. The molecular formula is C13H26. The quantitative estimate of drug-likeness (QED) is 0.603. The summed E-state index contributed by atoms with van der Waals surface area (Å²) in [5.74, 6) is 4.51. The van der Waals surface area contributed by atoms with E-state index in [1.54, 1.807) is 19.3 Å². The molecule has 4 atom stereocenters. The maximum absolute atomic E-state index is 2.40. The summed E-state index contributed by atoms with van der Waals surface area (Å²) in [7, 11) is 0. The van der Waals surface area contributed by atoms with E-state index in [2.05, 4.69) is 13.8 Å². The smallest absolute Gasteiger partial charge is 0.0355 e. The highest BCUT2D eigenvalue weighted by Crippen LogP contribution is 2.54. The van der Waals surface area contributed by atoms with Crippen LogP contribution in [0, 0.1) is 23.7 Å². The Bertz CT molecular complexity index is 150. The highest BCUT2D eigenvalue weighted by molar-refractivity contribution is 4.95. The van der Waals surface area contributed by atoms with E-state index < -0.39 is 0 Å². The van der Waals surface area contributed by atoms with Gasteiger partial charge in [0.2, 0.25) is 0 Å². The molecule has 2 aliphatic carbocycles. The van der Waals surface area contributed by atoms with E-state index in [-0.39, 0.29) is 7.43 Å². The maximum Gasteiger partial charge on any atom is -0.0355 e. The summed E-state index contributed by atoms with van der Waals surface area (Å²) in [5, 5.41) is 0. The molecule has 0 amide bonds. The third-order valence-electron chi connectivity index (χ3n) is 4.37. The van der Waals surface area contributed by atoms with Crippen molar-refractivity contribution in [2.24, 2.45) is 23.7 Å². The fraction of sp³-hybridized carbons (Fsp3) is 1.00. The van der Waals surface area contributed by atoms with Crippen LogP contribution in [0.4, 0.5) is 0 Å². The second-order valence-electron chi connectivity index (χ2n) is 4.86. The first kappa shape index (κ1) is 11.1. The molecule has 2 aliphatic rings. The molecule has 0 spiro atoms. The lowest BCUT2D eigenvalue weighted by Crippen LogP contribution is -2.21. The molecule has 78 valence electrons. The van der Waals surface area contributed by atoms with Crippen molar-refractivity contribution in [3.05, 3.63) is 0 Å². The molecule has 2 rings (SSSR count). The molecule has 0 saturated heterocycles. The van der Waals surface area contributed by atoms with E-state index in [0.717, 1.165) is 23.7 Å². The van der Waals surface area contributed by atoms with Crippen molar-refractivity contribution < 1.29 is 0 Å². The highest BCUT2D eigenvalue weighted by atomic mass is 14.5. The van der Waals surface area contributed by atoms with Crippen molar-refractivity contribution >= 4 is 0 Å². The summed E-state index contributed by atoms with van der Waals surface area (Å²) in [5.41, 5.74) is 0. The third-order valence-corrected chi connectivity index (χ3v) is 4.37. The zero-order chi connectivity index (χ0) is 8.55. The van der Waals surface area contributed by atoms with Gasteiger partial charge in [-0.25, -0.2) is 0 Å². The van der Waals surface area contributed by atoms with Crippen molar-refractivity contribution in [2.45, 2.75) is 59.8 Å². The molecule has 0 aromatic heterocycles. The fourth-order valence-electron chi connectivity index (χ4n) is 3.95. The summed E-state index contributed by atoms with van der Waals surface area (Å²) in [6.07, 6.45) is 9.08. The maximum atomic E-state index is 2.40. The first-order valence-corrected chi connectivity index (χ1v) is 5.86. The van der Waals surface area contributed by atoms with Gasteiger partial charge in [0, 0.05) is 0 Å². The van der Waals surface area contributed by atoms with Gasteiger partial charge in [-0.15, -0.1) is 0 Å². The van der Waals surface area contributed by atoms with Gasteiger partial charge in [-0.2, -0.15) is 0 Å². The van der Waals surface area contributed by atoms with Crippen LogP contribution in [-0.2, 0) is 0 Å². The molecule has 0 radical (unpaired) electrons. The van der Waals surface area contributed by atoms with Crippen LogP contribution in [0.25, 0.3) is 0 Å². The van der Waals surface area contributed by atoms with Crippen LogP contribution >= 0.6 is 0 Å². The topological polar surface area (TPSA) is 0 Å². The lowest BCUT2D eigenvalue weighted by molar-refractivity contribution is 0.201. The average Bonchev–Trinajstić information content (AvgIpc) is 2.64. The first-order valence-electron chi connectivity index (χ1n) is 5.86. The Morgan fingerprint density at radius 3 is 2.15 bits per heavy atom. The SMILES string of the molecule is C.CCCC1C2CCC(C2)C1CC. The van der Waals surface area contributed by atoms with E-state index in [9.17, 15) is 0 Å². The Kier molecular flexibility index (Phi) is 3.82. The molecule has 0 nitrogen and oxygen atoms in total. The monoisotopic (exact) mass is 182 g/mol. The van der Waals surface area contributed by atoms with Gasteiger partial charge in [0.1, 0.15) is 0 Å². The van der Waals surface area contributed by atoms with E-state index in [4.69, 9.17) is 0 Å². The summed E-state index contributed by atoms with van der Waals surface area (Å²) in [6.45, 7) is 4.74. The molecule has 0 heterocycles. The van der Waals surface area contributed by atoms with Crippen molar-refractivity contribution in [1.82, 2.24) is 0 Å². The number of fused-ring (bicyclic) bond motifs is 2. The van der Waals surface area contributed by atoms with Gasteiger partial charge in [-0.05, 0) is 42.9 Å². The van der Waals surface area contributed by atoms with Gasteiger partial charge < -0.3 is 0 Å². The predicted molar refractivity (Wildman–Crippen MR) is 59.7 cm³/mol. The average molecular weight is 182 g/mol. The van der Waals surface area contributed by atoms with Gasteiger partial charge in [0.05, 0.1) is 0 Å². The summed E-state index contributed by atoms with van der Waals surface area (Å²) in [4.78, 5) is 0. The lowest BCUT2D eigenvalue weighted by atomic mass is 9.76. The van der Waals surface area contributed by atoms with Crippen molar-refractivity contribution in [2.75, 3.05) is 0 Å². The van der Waals surface area contributed by atoms with Gasteiger partial charge in [0.25, 0.3) is 0 Å². The van der Waals surface area contributed by atoms with Crippen molar-refractivity contribution in [3.8, 4) is 0 Å². The first-order chi connectivity index (χ1) is 5.86. The van der Waals surface area contributed by atoms with Crippen LogP contribution in [0.15, 0.2) is 0 Å². The summed E-state index contributed by atoms with van der Waals surface area (Å²) < 4.78 is 0. The predicted octanol–water partition coefficient (Wildman–Crippen LogP) is 4.49. The van der Waals surface area contributed by atoms with Crippen LogP contribution in [0.3, 0.4) is 0 Å². The lowest BCUT2D eigenvalue weighted by Gasteiger charge is -2.30. The molecule has 0 aromatic rings. The Balaban J connectivity index is 0.000000845. The summed E-state index contributed by atoms with van der Waals surface area (Å²) >= 11 is 0. The van der Waals surface area contributed by atoms with Crippen LogP contribution in [0.1, 0.15) is 59.8 Å². The molecular weight excluding hydrogens is 156 g/mol. The van der Waals surface area contributed by atoms with Gasteiger partial charge in [-0.3, -0.25) is 0 Å². The molecule has 0 heteroatoms. The number of rotatable bonds is 3. The van der Waals surface area contributed by atoms with Crippen LogP contribution in [0.5, 0.6) is 0 Å². The fourth-order valence-corrected chi connectivity index (χ4v) is 3.95. The van der Waals surface area contributed by atoms with Crippen molar-refractivity contribution in [1.29, 1.82) is 0 Å². The van der Waals surface area contributed by atoms with Gasteiger partial charge in [-0.1, -0.05) is 40.5 Å². The molecule has 0 N–H and O–H groups in total. The number of hydrogen-bond acceptors (Lipinski definition) is 0. The Morgan fingerprint density at radius 2 is 1.62 bits per heavy atom. The van der Waals surface area contributed by atoms with Crippen LogP contribution in [0.2, 0.25) is 0 Å². The minimum atomic E-state index is 0. The molecule has 0 aliphatic heterocycles. The van der Waals surface area contributed by atoms with E-state index >= 15 is 0 Å². The van der Waals surface area contributed by atoms with Crippen LogP contribution < -0.4 is 0 Å². The highest BCUT2D eigenvalue weighted by Gasteiger charge is 2.45. The Morgan fingerprint density at radius 1 is 1.00 bits per heavy atom. The number of hydrogen-bond donors (Lipinski definition) is 0. The van der Waals surface area contributed by atoms with E-state index in [0.29, 0.717) is 0 Å². The molecule has 2 bridgehead atoms. The zero-order valence-corrected chi connectivity index (χ0v) is 8.55. The second kappa shape index (κ2) is 4.48. The Labute approximate surface area is 84.1 Å². The molecule has 0 aromatic carbocycles. The molecule has 2 fully saturated rings. The minimum Gasteiger partial charge on any atom is -0.0776 e. The zero-order valence-electron chi connectivity index (χ0n) is 8.55. The standard InChI is InChI=1S/C12H22.CH4/c1-3-5-12-10-7-6-9(8-10)11(12)4-2;/h9-12H,3-8H2,1-2H3;1H4. The molecule has 2 saturated carbocycles. The minimum absolute atomic E-state index is 0. The van der Waals surface area contributed by atoms with Gasteiger partial charge >= 0.3 is 0 Å². The van der Waals surface area contributed by atoms with E-state index in [1.807, 2.05) is 0 Å². The second-order valence-corrected chi connectivity index (χ2v) is 4.86. The van der Waals surface area contributed by atoms with Gasteiger partial charge in [0.15, 0.2) is 0 Å².